The van der Waals surface area contributed by atoms with E-state index in [1.807, 2.05) is 55.5 Å². The molecule has 2 rings (SSSR count). The van der Waals surface area contributed by atoms with E-state index in [1.165, 1.54) is 5.56 Å². The van der Waals surface area contributed by atoms with E-state index in [1.54, 1.807) is 0 Å². The number of benzene rings is 2. The molecule has 0 aliphatic heterocycles. The quantitative estimate of drug-likeness (QED) is 0.621. The van der Waals surface area contributed by atoms with Crippen LogP contribution in [0.2, 0.25) is 0 Å². The second-order valence-electron chi connectivity index (χ2n) is 6.04. The van der Waals surface area contributed by atoms with Crippen molar-refractivity contribution in [1.29, 1.82) is 0 Å². The molecule has 134 valence electrons. The van der Waals surface area contributed by atoms with Crippen molar-refractivity contribution in [2.24, 2.45) is 0 Å². The van der Waals surface area contributed by atoms with Gasteiger partial charge in [0.15, 0.2) is 0 Å². The Balaban J connectivity index is 1.65. The fourth-order valence-corrected chi connectivity index (χ4v) is 2.25. The van der Waals surface area contributed by atoms with Gasteiger partial charge < -0.3 is 14.8 Å². The van der Waals surface area contributed by atoms with Crippen molar-refractivity contribution < 1.29 is 14.3 Å². The van der Waals surface area contributed by atoms with Crippen molar-refractivity contribution >= 4 is 11.6 Å². The molecular formula is C21H27NO3. The van der Waals surface area contributed by atoms with Crippen LogP contribution < -0.4 is 14.8 Å². The molecule has 0 aliphatic rings. The molecule has 0 bridgehead atoms. The lowest BCUT2D eigenvalue weighted by molar-refractivity contribution is -0.116. The van der Waals surface area contributed by atoms with Crippen molar-refractivity contribution in [2.75, 3.05) is 18.5 Å². The minimum Gasteiger partial charge on any atom is -0.494 e. The number of amides is 1. The van der Waals surface area contributed by atoms with Crippen LogP contribution in [0, 0.1) is 6.92 Å². The molecule has 0 atom stereocenters. The van der Waals surface area contributed by atoms with Crippen LogP contribution in [0.25, 0.3) is 0 Å². The molecule has 1 N–H and O–H groups in total. The molecule has 2 aromatic rings. The van der Waals surface area contributed by atoms with Crippen molar-refractivity contribution in [2.45, 2.75) is 39.5 Å². The Bertz CT molecular complexity index is 635. The molecule has 0 aliphatic carbocycles. The number of carbonyl (C=O) groups excluding carboxylic acids is 1. The van der Waals surface area contributed by atoms with Crippen LogP contribution in [0.1, 0.15) is 38.2 Å². The van der Waals surface area contributed by atoms with E-state index >= 15 is 0 Å². The largest absolute Gasteiger partial charge is 0.494 e. The Morgan fingerprint density at radius 1 is 0.880 bits per heavy atom. The standard InChI is InChI=1S/C21H27NO3/c1-3-4-15-24-20-13-9-18(10-14-20)22-21(23)6-5-16-25-19-11-7-17(2)8-12-19/h7-14H,3-6,15-16H2,1-2H3,(H,22,23). The first-order valence-electron chi connectivity index (χ1n) is 8.89. The first-order valence-corrected chi connectivity index (χ1v) is 8.89. The number of unbranched alkanes of at least 4 members (excludes halogenated alkanes) is 1. The maximum absolute atomic E-state index is 12.0. The van der Waals surface area contributed by atoms with E-state index in [2.05, 4.69) is 12.2 Å². The number of anilines is 1. The number of hydrogen-bond acceptors (Lipinski definition) is 3. The maximum Gasteiger partial charge on any atom is 0.224 e. The molecule has 2 aromatic carbocycles. The molecule has 0 aromatic heterocycles. The van der Waals surface area contributed by atoms with Gasteiger partial charge in [0.25, 0.3) is 0 Å². The lowest BCUT2D eigenvalue weighted by Gasteiger charge is -2.09. The lowest BCUT2D eigenvalue weighted by Crippen LogP contribution is -2.12. The Labute approximate surface area is 150 Å². The molecule has 0 saturated heterocycles. The van der Waals surface area contributed by atoms with Gasteiger partial charge in [0.05, 0.1) is 13.2 Å². The summed E-state index contributed by atoms with van der Waals surface area (Å²) in [7, 11) is 0. The van der Waals surface area contributed by atoms with Crippen molar-refractivity contribution in [3.8, 4) is 11.5 Å². The lowest BCUT2D eigenvalue weighted by atomic mass is 10.2. The van der Waals surface area contributed by atoms with Crippen LogP contribution >= 0.6 is 0 Å². The van der Waals surface area contributed by atoms with Gasteiger partial charge in [-0.15, -0.1) is 0 Å². The van der Waals surface area contributed by atoms with Gasteiger partial charge in [0.2, 0.25) is 5.91 Å². The second kappa shape index (κ2) is 10.4. The van der Waals surface area contributed by atoms with Gasteiger partial charge in [-0.1, -0.05) is 31.0 Å². The van der Waals surface area contributed by atoms with E-state index in [0.29, 0.717) is 19.4 Å². The predicted molar refractivity (Wildman–Crippen MR) is 101 cm³/mol. The zero-order valence-corrected chi connectivity index (χ0v) is 15.1. The molecule has 4 heteroatoms. The zero-order valence-electron chi connectivity index (χ0n) is 15.1. The van der Waals surface area contributed by atoms with Gasteiger partial charge in [-0.05, 0) is 56.2 Å². The smallest absolute Gasteiger partial charge is 0.224 e. The minimum atomic E-state index is -0.00726. The van der Waals surface area contributed by atoms with Crippen LogP contribution in [0.15, 0.2) is 48.5 Å². The highest BCUT2D eigenvalue weighted by molar-refractivity contribution is 5.90. The van der Waals surface area contributed by atoms with Gasteiger partial charge in [-0.3, -0.25) is 4.79 Å². The average molecular weight is 341 g/mol. The summed E-state index contributed by atoms with van der Waals surface area (Å²) < 4.78 is 11.2. The molecule has 0 spiro atoms. The first kappa shape index (κ1) is 18.8. The molecular weight excluding hydrogens is 314 g/mol. The summed E-state index contributed by atoms with van der Waals surface area (Å²) in [6.45, 7) is 5.43. The molecule has 0 unspecified atom stereocenters. The van der Waals surface area contributed by atoms with Gasteiger partial charge >= 0.3 is 0 Å². The Morgan fingerprint density at radius 3 is 2.04 bits per heavy atom. The van der Waals surface area contributed by atoms with Crippen LogP contribution in [0.4, 0.5) is 5.69 Å². The Hall–Kier alpha value is -2.49. The topological polar surface area (TPSA) is 47.6 Å². The van der Waals surface area contributed by atoms with Gasteiger partial charge in [-0.25, -0.2) is 0 Å². The third-order valence-corrected chi connectivity index (χ3v) is 3.74. The summed E-state index contributed by atoms with van der Waals surface area (Å²) in [5.41, 5.74) is 1.99. The summed E-state index contributed by atoms with van der Waals surface area (Å²) in [5.74, 6) is 1.66. The normalized spacial score (nSPS) is 10.3. The third kappa shape index (κ3) is 7.29. The number of carbonyl (C=O) groups is 1. The SMILES string of the molecule is CCCCOc1ccc(NC(=O)CCCOc2ccc(C)cc2)cc1. The van der Waals surface area contributed by atoms with Crippen molar-refractivity contribution in [1.82, 2.24) is 0 Å². The number of hydrogen-bond donors (Lipinski definition) is 1. The van der Waals surface area contributed by atoms with E-state index in [4.69, 9.17) is 9.47 Å². The third-order valence-electron chi connectivity index (χ3n) is 3.74. The fourth-order valence-electron chi connectivity index (χ4n) is 2.25. The minimum absolute atomic E-state index is 0.00726. The molecule has 0 radical (unpaired) electrons. The fraction of sp³-hybridized carbons (Fsp3) is 0.381. The van der Waals surface area contributed by atoms with Crippen molar-refractivity contribution in [3.63, 3.8) is 0 Å². The summed E-state index contributed by atoms with van der Waals surface area (Å²) in [6.07, 6.45) is 3.27. The highest BCUT2D eigenvalue weighted by atomic mass is 16.5. The zero-order chi connectivity index (χ0) is 17.9. The van der Waals surface area contributed by atoms with E-state index < -0.39 is 0 Å². The Morgan fingerprint density at radius 2 is 1.44 bits per heavy atom. The molecule has 4 nitrogen and oxygen atoms in total. The number of ether oxygens (including phenoxy) is 2. The predicted octanol–water partition coefficient (Wildman–Crippen LogP) is 4.97. The van der Waals surface area contributed by atoms with E-state index in [-0.39, 0.29) is 5.91 Å². The monoisotopic (exact) mass is 341 g/mol. The highest BCUT2D eigenvalue weighted by Crippen LogP contribution is 2.16. The van der Waals surface area contributed by atoms with Gasteiger partial charge in [0.1, 0.15) is 11.5 Å². The van der Waals surface area contributed by atoms with E-state index in [0.717, 1.165) is 36.6 Å². The summed E-state index contributed by atoms with van der Waals surface area (Å²) in [6, 6.07) is 15.4. The van der Waals surface area contributed by atoms with Crippen LogP contribution in [-0.2, 0) is 4.79 Å². The summed E-state index contributed by atoms with van der Waals surface area (Å²) in [4.78, 5) is 12.0. The van der Waals surface area contributed by atoms with Gasteiger partial charge in [0, 0.05) is 12.1 Å². The second-order valence-corrected chi connectivity index (χ2v) is 6.04. The van der Waals surface area contributed by atoms with Crippen molar-refractivity contribution in [3.05, 3.63) is 54.1 Å². The van der Waals surface area contributed by atoms with E-state index in [9.17, 15) is 4.79 Å². The Kier molecular flexibility index (Phi) is 7.83. The number of aryl methyl sites for hydroxylation is 1. The molecule has 0 fully saturated rings. The summed E-state index contributed by atoms with van der Waals surface area (Å²) in [5, 5.41) is 2.89. The highest BCUT2D eigenvalue weighted by Gasteiger charge is 2.03. The molecule has 25 heavy (non-hydrogen) atoms. The van der Waals surface area contributed by atoms with Crippen LogP contribution in [0.5, 0.6) is 11.5 Å². The first-order chi connectivity index (χ1) is 12.2. The molecule has 1 amide bonds. The molecule has 0 saturated carbocycles. The van der Waals surface area contributed by atoms with Gasteiger partial charge in [-0.2, -0.15) is 0 Å². The van der Waals surface area contributed by atoms with Crippen LogP contribution in [0.3, 0.4) is 0 Å². The number of rotatable bonds is 10. The maximum atomic E-state index is 12.0. The summed E-state index contributed by atoms with van der Waals surface area (Å²) >= 11 is 0. The number of nitrogens with one attached hydrogen (secondary N) is 1. The van der Waals surface area contributed by atoms with Crippen LogP contribution in [-0.4, -0.2) is 19.1 Å². The molecule has 0 heterocycles. The average Bonchev–Trinajstić information content (AvgIpc) is 2.62.